The zero-order chi connectivity index (χ0) is 29.3. The highest BCUT2D eigenvalue weighted by atomic mass is 32.1. The molecule has 0 unspecified atom stereocenters. The van der Waals surface area contributed by atoms with E-state index >= 15 is 0 Å². The molecule has 0 saturated heterocycles. The third kappa shape index (κ3) is 7.51. The molecule has 2 aromatic heterocycles. The van der Waals surface area contributed by atoms with Crippen LogP contribution < -0.4 is 9.64 Å². The number of hydrogen-bond donors (Lipinski definition) is 0. The first-order chi connectivity index (χ1) is 20.5. The van der Waals surface area contributed by atoms with Crippen molar-refractivity contribution in [3.05, 3.63) is 90.0 Å². The van der Waals surface area contributed by atoms with Gasteiger partial charge in [0.05, 0.1) is 21.6 Å². The minimum atomic E-state index is -0.385. The molecule has 0 radical (unpaired) electrons. The quantitative estimate of drug-likeness (QED) is 0.0813. The van der Waals surface area contributed by atoms with Crippen LogP contribution in [0.2, 0.25) is 0 Å². The summed E-state index contributed by atoms with van der Waals surface area (Å²) in [6.45, 7) is 8.39. The topological polar surface area (TPSA) is 91.9 Å². The van der Waals surface area contributed by atoms with Gasteiger partial charge in [-0.1, -0.05) is 48.2 Å². The second-order valence-electron chi connectivity index (χ2n) is 9.52. The molecule has 0 aliphatic carbocycles. The zero-order valence-electron chi connectivity index (χ0n) is 23.9. The molecule has 0 aliphatic rings. The minimum absolute atomic E-state index is 0.385. The molecule has 5 rings (SSSR count). The van der Waals surface area contributed by atoms with Gasteiger partial charge >= 0.3 is 5.97 Å². The Balaban J connectivity index is 1.16. The van der Waals surface area contributed by atoms with Gasteiger partial charge in [-0.05, 0) is 99.0 Å². The van der Waals surface area contributed by atoms with Crippen LogP contribution in [0.3, 0.4) is 0 Å². The van der Waals surface area contributed by atoms with Crippen molar-refractivity contribution in [3.63, 3.8) is 0 Å². The lowest BCUT2D eigenvalue weighted by Crippen LogP contribution is -2.21. The van der Waals surface area contributed by atoms with E-state index < -0.39 is 0 Å². The van der Waals surface area contributed by atoms with Crippen LogP contribution in [0.1, 0.15) is 49.5 Å². The summed E-state index contributed by atoms with van der Waals surface area (Å²) in [5.74, 6) is 0.0704. The van der Waals surface area contributed by atoms with Gasteiger partial charge in [0, 0.05) is 18.8 Å². The van der Waals surface area contributed by atoms with Crippen LogP contribution in [0.4, 0.5) is 27.2 Å². The summed E-state index contributed by atoms with van der Waals surface area (Å²) in [5.41, 5.74) is 4.37. The van der Waals surface area contributed by atoms with Crippen molar-refractivity contribution in [2.45, 2.75) is 40.0 Å². The summed E-state index contributed by atoms with van der Waals surface area (Å²) < 4.78 is 6.50. The number of unbranched alkanes of at least 4 members (excludes halogenated alkanes) is 1. The van der Waals surface area contributed by atoms with E-state index in [0.717, 1.165) is 52.6 Å². The number of fused-ring (bicyclic) bond motifs is 1. The number of esters is 1. The Morgan fingerprint density at radius 2 is 1.48 bits per heavy atom. The number of rotatable bonds is 12. The van der Waals surface area contributed by atoms with Gasteiger partial charge in [0.1, 0.15) is 15.6 Å². The fourth-order valence-corrected chi connectivity index (χ4v) is 6.11. The van der Waals surface area contributed by atoms with Gasteiger partial charge in [-0.3, -0.25) is 0 Å². The Morgan fingerprint density at radius 3 is 2.12 bits per heavy atom. The van der Waals surface area contributed by atoms with Crippen molar-refractivity contribution in [1.82, 2.24) is 4.98 Å². The third-order valence-electron chi connectivity index (χ3n) is 6.61. The summed E-state index contributed by atoms with van der Waals surface area (Å²) in [4.78, 5) is 20.2. The molecule has 5 aromatic rings. The highest BCUT2D eigenvalue weighted by Gasteiger charge is 2.10. The summed E-state index contributed by atoms with van der Waals surface area (Å²) in [6, 6.07) is 24.6. The number of hydrogen-bond acceptors (Lipinski definition) is 10. The molecule has 214 valence electrons. The smallest absolute Gasteiger partial charge is 0.343 e. The molecule has 0 spiro atoms. The van der Waals surface area contributed by atoms with Gasteiger partial charge in [-0.2, -0.15) is 0 Å². The third-order valence-corrected chi connectivity index (χ3v) is 8.54. The maximum absolute atomic E-state index is 12.5. The normalized spacial score (nSPS) is 11.6. The van der Waals surface area contributed by atoms with E-state index in [4.69, 9.17) is 4.74 Å². The molecule has 10 heteroatoms. The highest BCUT2D eigenvalue weighted by Crippen LogP contribution is 2.39. The predicted octanol–water partition coefficient (Wildman–Crippen LogP) is 10.6. The number of anilines is 1. The van der Waals surface area contributed by atoms with Crippen LogP contribution in [-0.2, 0) is 6.42 Å². The first-order valence-corrected chi connectivity index (χ1v) is 15.7. The van der Waals surface area contributed by atoms with Gasteiger partial charge in [-0.15, -0.1) is 20.5 Å². The summed E-state index contributed by atoms with van der Waals surface area (Å²) in [6.07, 6.45) is 3.30. The van der Waals surface area contributed by atoms with Crippen LogP contribution in [0, 0.1) is 0 Å². The van der Waals surface area contributed by atoms with Crippen molar-refractivity contribution in [2.24, 2.45) is 20.5 Å². The molecule has 42 heavy (non-hydrogen) atoms. The molecular formula is C32H32N6O2S2. The Morgan fingerprint density at radius 1 is 0.810 bits per heavy atom. The fraction of sp³-hybridized carbons (Fsp3) is 0.250. The molecule has 3 aromatic carbocycles. The molecule has 0 bridgehead atoms. The lowest BCUT2D eigenvalue weighted by molar-refractivity contribution is 0.0734. The van der Waals surface area contributed by atoms with E-state index in [1.54, 1.807) is 24.3 Å². The number of aromatic nitrogens is 1. The van der Waals surface area contributed by atoms with Crippen LogP contribution >= 0.6 is 22.7 Å². The van der Waals surface area contributed by atoms with Crippen LogP contribution in [0.5, 0.6) is 5.75 Å². The largest absolute Gasteiger partial charge is 0.423 e. The first-order valence-electron chi connectivity index (χ1n) is 14.0. The zero-order valence-corrected chi connectivity index (χ0v) is 25.5. The standard InChI is InChI=1S/C32H32N6O2S2/c1-4-7-8-22-9-11-23(12-10-22)31(39)40-27-19-15-25(16-20-27)34-36-29-21-28-30(42-29)33-32(41-28)37-35-24-13-17-26(18-14-24)38(5-2)6-3/h9-21H,4-8H2,1-3H3. The summed E-state index contributed by atoms with van der Waals surface area (Å²) in [7, 11) is 0. The second kappa shape index (κ2) is 14.1. The Labute approximate surface area is 253 Å². The van der Waals surface area contributed by atoms with Crippen LogP contribution in [0.25, 0.3) is 9.53 Å². The lowest BCUT2D eigenvalue weighted by atomic mass is 10.1. The number of thiophene rings is 1. The highest BCUT2D eigenvalue weighted by molar-refractivity contribution is 7.30. The van der Waals surface area contributed by atoms with Gasteiger partial charge < -0.3 is 9.64 Å². The average Bonchev–Trinajstić information content (AvgIpc) is 3.59. The van der Waals surface area contributed by atoms with Crippen molar-refractivity contribution >= 4 is 65.4 Å². The first kappa shape index (κ1) is 29.2. The van der Waals surface area contributed by atoms with E-state index in [-0.39, 0.29) is 5.97 Å². The number of thiazole rings is 1. The maximum Gasteiger partial charge on any atom is 0.343 e. The Hall–Kier alpha value is -4.28. The lowest BCUT2D eigenvalue weighted by Gasteiger charge is -2.20. The molecule has 0 fully saturated rings. The monoisotopic (exact) mass is 596 g/mol. The van der Waals surface area contributed by atoms with Gasteiger partial charge in [0.2, 0.25) is 5.13 Å². The number of nitrogens with zero attached hydrogens (tertiary/aromatic N) is 6. The van der Waals surface area contributed by atoms with E-state index in [0.29, 0.717) is 22.1 Å². The molecule has 0 aliphatic heterocycles. The SMILES string of the molecule is CCCCc1ccc(C(=O)Oc2ccc(N=Nc3cc4sc(N=Nc5ccc(N(CC)CC)cc5)nc4s3)cc2)cc1. The predicted molar refractivity (Wildman–Crippen MR) is 172 cm³/mol. The Bertz CT molecular complexity index is 1640. The van der Waals surface area contributed by atoms with Crippen molar-refractivity contribution in [3.8, 4) is 5.75 Å². The molecule has 2 heterocycles. The number of benzene rings is 3. The Kier molecular flexibility index (Phi) is 9.78. The molecule has 0 atom stereocenters. The second-order valence-corrected chi connectivity index (χ2v) is 11.5. The summed E-state index contributed by atoms with van der Waals surface area (Å²) >= 11 is 2.91. The van der Waals surface area contributed by atoms with Crippen LogP contribution in [-0.4, -0.2) is 24.0 Å². The van der Waals surface area contributed by atoms with Crippen molar-refractivity contribution < 1.29 is 9.53 Å². The molecule has 8 nitrogen and oxygen atoms in total. The van der Waals surface area contributed by atoms with E-state index in [9.17, 15) is 4.79 Å². The van der Waals surface area contributed by atoms with Gasteiger partial charge in [-0.25, -0.2) is 9.78 Å². The number of carbonyl (C=O) groups is 1. The summed E-state index contributed by atoms with van der Waals surface area (Å²) in [5, 5.41) is 18.7. The molecule has 0 amide bonds. The minimum Gasteiger partial charge on any atom is -0.423 e. The number of aryl methyl sites for hydroxylation is 1. The van der Waals surface area contributed by atoms with Gasteiger partial charge in [0.15, 0.2) is 0 Å². The van der Waals surface area contributed by atoms with Gasteiger partial charge in [0.25, 0.3) is 0 Å². The van der Waals surface area contributed by atoms with E-state index in [1.165, 1.54) is 33.9 Å². The fourth-order valence-electron chi connectivity index (χ4n) is 4.27. The van der Waals surface area contributed by atoms with E-state index in [2.05, 4.69) is 63.2 Å². The number of ether oxygens (including phenoxy) is 1. The maximum atomic E-state index is 12.5. The van der Waals surface area contributed by atoms with Crippen LogP contribution in [0.15, 0.2) is 99.3 Å². The number of carbonyl (C=O) groups excluding carboxylic acids is 1. The number of azo groups is 2. The molecule has 0 saturated carbocycles. The molecule has 0 N–H and O–H groups in total. The molecular weight excluding hydrogens is 565 g/mol. The van der Waals surface area contributed by atoms with Crippen molar-refractivity contribution in [1.29, 1.82) is 0 Å². The average molecular weight is 597 g/mol. The van der Waals surface area contributed by atoms with Crippen molar-refractivity contribution in [2.75, 3.05) is 18.0 Å². The van der Waals surface area contributed by atoms with E-state index in [1.807, 2.05) is 42.5 Å².